The summed E-state index contributed by atoms with van der Waals surface area (Å²) in [6.45, 7) is 1.24. The van der Waals surface area contributed by atoms with E-state index < -0.39 is 18.5 Å². The molecule has 0 spiro atoms. The van der Waals surface area contributed by atoms with E-state index in [2.05, 4.69) is 22.4 Å². The molecule has 4 aromatic rings. The molecule has 0 bridgehead atoms. The largest absolute Gasteiger partial charge is 0.452 e. The summed E-state index contributed by atoms with van der Waals surface area (Å²) < 4.78 is 5.48. The molecule has 182 valence electrons. The summed E-state index contributed by atoms with van der Waals surface area (Å²) in [5.74, 6) is -0.955. The van der Waals surface area contributed by atoms with Crippen molar-refractivity contribution in [3.63, 3.8) is 0 Å². The molecule has 0 fully saturated rings. The Morgan fingerprint density at radius 3 is 2.81 bits per heavy atom. The quantitative estimate of drug-likeness (QED) is 0.277. The Kier molecular flexibility index (Phi) is 7.05. The number of hydrogen-bond acceptors (Lipinski definition) is 6. The molecule has 1 aliphatic carbocycles. The number of thiophene rings is 1. The Labute approximate surface area is 221 Å². The van der Waals surface area contributed by atoms with Gasteiger partial charge in [0.05, 0.1) is 26.8 Å². The third-order valence-electron chi connectivity index (χ3n) is 6.03. The molecule has 0 aliphatic heterocycles. The number of ether oxygens (including phenoxy) is 1. The zero-order chi connectivity index (χ0) is 25.2. The second kappa shape index (κ2) is 10.4. The molecule has 0 saturated carbocycles. The van der Waals surface area contributed by atoms with Gasteiger partial charge in [0.25, 0.3) is 5.91 Å². The maximum atomic E-state index is 13.4. The van der Waals surface area contributed by atoms with Crippen LogP contribution in [0.15, 0.2) is 48.0 Å². The number of nitrogens with zero attached hydrogens (tertiary/aromatic N) is 2. The van der Waals surface area contributed by atoms with E-state index in [0.29, 0.717) is 33.5 Å². The van der Waals surface area contributed by atoms with Gasteiger partial charge in [-0.1, -0.05) is 47.5 Å². The van der Waals surface area contributed by atoms with Crippen LogP contribution in [0.5, 0.6) is 0 Å². The number of esters is 1. The number of nitrogens with one attached hydrogen (secondary N) is 1. The highest BCUT2D eigenvalue weighted by molar-refractivity contribution is 7.10. The molecule has 1 aromatic carbocycles. The SMILES string of the molecule is Cc1c(Cl)cnc(NC(=O)COC(=O)c2c3c(nc4ccccc24)/C(=C/c2cccs2)CCC3)c1Cl. The summed E-state index contributed by atoms with van der Waals surface area (Å²) in [7, 11) is 0. The lowest BCUT2D eigenvalue weighted by molar-refractivity contribution is -0.119. The van der Waals surface area contributed by atoms with E-state index in [0.717, 1.165) is 34.5 Å². The van der Waals surface area contributed by atoms with Crippen molar-refractivity contribution in [2.75, 3.05) is 11.9 Å². The van der Waals surface area contributed by atoms with Crippen molar-refractivity contribution < 1.29 is 14.3 Å². The van der Waals surface area contributed by atoms with Gasteiger partial charge in [-0.2, -0.15) is 0 Å². The number of aromatic nitrogens is 2. The Morgan fingerprint density at radius 2 is 2.00 bits per heavy atom. The first-order valence-electron chi connectivity index (χ1n) is 11.4. The van der Waals surface area contributed by atoms with Gasteiger partial charge in [-0.3, -0.25) is 4.79 Å². The van der Waals surface area contributed by atoms with E-state index in [-0.39, 0.29) is 10.8 Å². The van der Waals surface area contributed by atoms with Crippen LogP contribution in [0, 0.1) is 6.92 Å². The summed E-state index contributed by atoms with van der Waals surface area (Å²) in [6.07, 6.45) is 6.01. The molecule has 1 N–H and O–H groups in total. The second-order valence-corrected chi connectivity index (χ2v) is 10.2. The van der Waals surface area contributed by atoms with Crippen molar-refractivity contribution in [2.45, 2.75) is 26.2 Å². The van der Waals surface area contributed by atoms with Crippen LogP contribution in [0.4, 0.5) is 5.82 Å². The lowest BCUT2D eigenvalue weighted by Gasteiger charge is -2.22. The number of anilines is 1. The van der Waals surface area contributed by atoms with Crippen molar-refractivity contribution in [3.8, 4) is 0 Å². The lowest BCUT2D eigenvalue weighted by Crippen LogP contribution is -2.23. The van der Waals surface area contributed by atoms with Crippen molar-refractivity contribution in [1.29, 1.82) is 0 Å². The molecular weight excluding hydrogens is 517 g/mol. The number of hydrogen-bond donors (Lipinski definition) is 1. The summed E-state index contributed by atoms with van der Waals surface area (Å²) in [5, 5.41) is 5.95. The van der Waals surface area contributed by atoms with E-state index in [9.17, 15) is 9.59 Å². The van der Waals surface area contributed by atoms with Gasteiger partial charge in [0.15, 0.2) is 12.4 Å². The molecule has 1 aliphatic rings. The van der Waals surface area contributed by atoms with Crippen LogP contribution in [-0.2, 0) is 16.0 Å². The van der Waals surface area contributed by atoms with Gasteiger partial charge in [-0.05, 0) is 66.5 Å². The van der Waals surface area contributed by atoms with E-state index in [1.165, 1.54) is 6.20 Å². The summed E-state index contributed by atoms with van der Waals surface area (Å²) in [5.41, 5.74) is 4.53. The molecule has 3 aromatic heterocycles. The summed E-state index contributed by atoms with van der Waals surface area (Å²) in [6, 6.07) is 11.6. The lowest BCUT2D eigenvalue weighted by atomic mass is 9.86. The third-order valence-corrected chi connectivity index (χ3v) is 7.69. The van der Waals surface area contributed by atoms with Crippen LogP contribution in [0.1, 0.15) is 44.9 Å². The molecule has 0 atom stereocenters. The van der Waals surface area contributed by atoms with Gasteiger partial charge in [-0.25, -0.2) is 14.8 Å². The zero-order valence-electron chi connectivity index (χ0n) is 19.3. The van der Waals surface area contributed by atoms with Gasteiger partial charge in [-0.15, -0.1) is 11.3 Å². The summed E-state index contributed by atoms with van der Waals surface area (Å²) >= 11 is 13.9. The number of para-hydroxylation sites is 1. The average molecular weight is 538 g/mol. The minimum Gasteiger partial charge on any atom is -0.452 e. The predicted molar refractivity (Wildman–Crippen MR) is 145 cm³/mol. The molecule has 0 saturated heterocycles. The molecule has 0 unspecified atom stereocenters. The molecule has 6 nitrogen and oxygen atoms in total. The molecule has 5 rings (SSSR count). The maximum Gasteiger partial charge on any atom is 0.339 e. The first-order valence-corrected chi connectivity index (χ1v) is 13.0. The number of pyridine rings is 2. The first-order chi connectivity index (χ1) is 17.4. The number of carbonyl (C=O) groups is 2. The number of allylic oxidation sites excluding steroid dienone is 1. The van der Waals surface area contributed by atoms with Gasteiger partial charge in [0, 0.05) is 16.5 Å². The monoisotopic (exact) mass is 537 g/mol. The van der Waals surface area contributed by atoms with E-state index in [4.69, 9.17) is 32.9 Å². The summed E-state index contributed by atoms with van der Waals surface area (Å²) in [4.78, 5) is 36.0. The minimum absolute atomic E-state index is 0.162. The van der Waals surface area contributed by atoms with Gasteiger partial charge >= 0.3 is 5.97 Å². The Hall–Kier alpha value is -3.26. The molecule has 9 heteroatoms. The molecular formula is C27H21Cl2N3O3S. The second-order valence-electron chi connectivity index (χ2n) is 8.39. The molecule has 36 heavy (non-hydrogen) atoms. The minimum atomic E-state index is -0.566. The van der Waals surface area contributed by atoms with Crippen molar-refractivity contribution >= 4 is 74.8 Å². The predicted octanol–water partition coefficient (Wildman–Crippen LogP) is 6.98. The first kappa shape index (κ1) is 24.4. The van der Waals surface area contributed by atoms with Gasteiger partial charge < -0.3 is 10.1 Å². The third kappa shape index (κ3) is 4.87. The Bertz CT molecular complexity index is 1520. The number of halogens is 2. The highest BCUT2D eigenvalue weighted by atomic mass is 35.5. The Balaban J connectivity index is 1.44. The van der Waals surface area contributed by atoms with Gasteiger partial charge in [0.2, 0.25) is 0 Å². The maximum absolute atomic E-state index is 13.4. The number of rotatable bonds is 5. The smallest absolute Gasteiger partial charge is 0.339 e. The van der Waals surface area contributed by atoms with E-state index in [1.807, 2.05) is 35.7 Å². The van der Waals surface area contributed by atoms with Crippen molar-refractivity contribution in [3.05, 3.63) is 85.3 Å². The fraction of sp³-hybridized carbons (Fsp3) is 0.185. The average Bonchev–Trinajstić information content (AvgIpc) is 3.40. The number of benzene rings is 1. The number of carbonyl (C=O) groups excluding carboxylic acids is 2. The standard InChI is InChI=1S/C27H21Cl2N3O3S/c1-15-20(28)13-30-26(24(15)29)32-22(33)14-35-27(34)23-18-8-2-3-10-21(18)31-25-16(6-4-9-19(23)25)12-17-7-5-11-36-17/h2-3,5,7-8,10-13H,4,6,9,14H2,1H3,(H,30,32,33)/b16-12+. The highest BCUT2D eigenvalue weighted by Crippen LogP contribution is 2.37. The van der Waals surface area contributed by atoms with Crippen LogP contribution in [0.25, 0.3) is 22.6 Å². The number of amides is 1. The Morgan fingerprint density at radius 1 is 1.17 bits per heavy atom. The van der Waals surface area contributed by atoms with Crippen molar-refractivity contribution in [2.24, 2.45) is 0 Å². The number of fused-ring (bicyclic) bond motifs is 2. The molecule has 3 heterocycles. The van der Waals surface area contributed by atoms with Crippen molar-refractivity contribution in [1.82, 2.24) is 9.97 Å². The van der Waals surface area contributed by atoms with Crippen LogP contribution in [0.3, 0.4) is 0 Å². The van der Waals surface area contributed by atoms with Crippen LogP contribution >= 0.6 is 34.5 Å². The fourth-order valence-electron chi connectivity index (χ4n) is 4.27. The highest BCUT2D eigenvalue weighted by Gasteiger charge is 2.26. The van der Waals surface area contributed by atoms with E-state index in [1.54, 1.807) is 18.3 Å². The van der Waals surface area contributed by atoms with Crippen LogP contribution in [0.2, 0.25) is 10.0 Å². The fourth-order valence-corrected chi connectivity index (χ4v) is 5.34. The molecule has 0 radical (unpaired) electrons. The topological polar surface area (TPSA) is 81.2 Å². The zero-order valence-corrected chi connectivity index (χ0v) is 21.6. The van der Waals surface area contributed by atoms with Crippen LogP contribution < -0.4 is 5.32 Å². The van der Waals surface area contributed by atoms with E-state index >= 15 is 0 Å². The molecule has 1 amide bonds. The van der Waals surface area contributed by atoms with Gasteiger partial charge in [0.1, 0.15) is 0 Å². The van der Waals surface area contributed by atoms with Crippen LogP contribution in [-0.4, -0.2) is 28.5 Å². The normalized spacial score (nSPS) is 14.0.